The average Bonchev–Trinajstić information content (AvgIpc) is 2.42. The van der Waals surface area contributed by atoms with Crippen LogP contribution in [0.1, 0.15) is 12.8 Å². The number of fused-ring (bicyclic) bond motifs is 1. The standard InChI is InChI=1S/C9H17NO2/c1-10-4-7-2-9(12,6-11)3-8(7)5-10/h7-8,11-12H,2-6H2,1H3. The highest BCUT2D eigenvalue weighted by Gasteiger charge is 2.46. The van der Waals surface area contributed by atoms with Crippen molar-refractivity contribution in [2.45, 2.75) is 18.4 Å². The van der Waals surface area contributed by atoms with E-state index in [1.54, 1.807) is 0 Å². The molecule has 1 saturated heterocycles. The van der Waals surface area contributed by atoms with Gasteiger partial charge in [-0.2, -0.15) is 0 Å². The van der Waals surface area contributed by atoms with Crippen molar-refractivity contribution in [3.63, 3.8) is 0 Å². The second kappa shape index (κ2) is 2.69. The highest BCUT2D eigenvalue weighted by atomic mass is 16.3. The molecule has 0 aromatic rings. The van der Waals surface area contributed by atoms with E-state index < -0.39 is 5.60 Å². The lowest BCUT2D eigenvalue weighted by Gasteiger charge is -2.21. The molecule has 2 aliphatic rings. The van der Waals surface area contributed by atoms with Gasteiger partial charge in [0.25, 0.3) is 0 Å². The average molecular weight is 171 g/mol. The van der Waals surface area contributed by atoms with Gasteiger partial charge in [-0.25, -0.2) is 0 Å². The van der Waals surface area contributed by atoms with E-state index in [-0.39, 0.29) is 6.61 Å². The van der Waals surface area contributed by atoms with Crippen LogP contribution in [0.25, 0.3) is 0 Å². The number of likely N-dealkylation sites (tertiary alicyclic amines) is 1. The predicted octanol–water partition coefficient (Wildman–Crippen LogP) is -0.319. The Morgan fingerprint density at radius 2 is 1.83 bits per heavy atom. The monoisotopic (exact) mass is 171 g/mol. The van der Waals surface area contributed by atoms with E-state index in [1.807, 2.05) is 0 Å². The van der Waals surface area contributed by atoms with E-state index >= 15 is 0 Å². The molecule has 3 heteroatoms. The maximum atomic E-state index is 9.82. The predicted molar refractivity (Wildman–Crippen MR) is 45.7 cm³/mol. The molecule has 0 radical (unpaired) electrons. The summed E-state index contributed by atoms with van der Waals surface area (Å²) >= 11 is 0. The highest BCUT2D eigenvalue weighted by Crippen LogP contribution is 2.42. The topological polar surface area (TPSA) is 43.7 Å². The summed E-state index contributed by atoms with van der Waals surface area (Å²) < 4.78 is 0. The molecule has 1 saturated carbocycles. The second-order valence-corrected chi connectivity index (χ2v) is 4.53. The summed E-state index contributed by atoms with van der Waals surface area (Å²) in [5.41, 5.74) is -0.753. The number of hydrogen-bond donors (Lipinski definition) is 2. The zero-order chi connectivity index (χ0) is 8.77. The van der Waals surface area contributed by atoms with Gasteiger partial charge in [0, 0.05) is 13.1 Å². The first-order chi connectivity index (χ1) is 5.63. The normalized spacial score (nSPS) is 48.2. The number of nitrogens with zero attached hydrogens (tertiary/aromatic N) is 1. The Hall–Kier alpha value is -0.120. The molecular formula is C9H17NO2. The van der Waals surface area contributed by atoms with E-state index in [0.29, 0.717) is 11.8 Å². The van der Waals surface area contributed by atoms with Crippen molar-refractivity contribution in [3.8, 4) is 0 Å². The summed E-state index contributed by atoms with van der Waals surface area (Å²) in [6.45, 7) is 2.11. The van der Waals surface area contributed by atoms with Gasteiger partial charge in [0.15, 0.2) is 0 Å². The van der Waals surface area contributed by atoms with Gasteiger partial charge >= 0.3 is 0 Å². The minimum absolute atomic E-state index is 0.0658. The third kappa shape index (κ3) is 1.26. The fourth-order valence-corrected chi connectivity index (χ4v) is 2.82. The van der Waals surface area contributed by atoms with Gasteiger partial charge in [0.1, 0.15) is 0 Å². The van der Waals surface area contributed by atoms with Crippen molar-refractivity contribution in [2.24, 2.45) is 11.8 Å². The fourth-order valence-electron chi connectivity index (χ4n) is 2.82. The van der Waals surface area contributed by atoms with Crippen molar-refractivity contribution in [1.82, 2.24) is 4.90 Å². The smallest absolute Gasteiger partial charge is 0.0883 e. The van der Waals surface area contributed by atoms with E-state index in [9.17, 15) is 5.11 Å². The molecule has 12 heavy (non-hydrogen) atoms. The van der Waals surface area contributed by atoms with Crippen LogP contribution in [0.4, 0.5) is 0 Å². The van der Waals surface area contributed by atoms with E-state index in [2.05, 4.69) is 11.9 Å². The molecule has 2 fully saturated rings. The minimum Gasteiger partial charge on any atom is -0.393 e. The van der Waals surface area contributed by atoms with E-state index in [1.165, 1.54) is 0 Å². The Morgan fingerprint density at radius 1 is 1.33 bits per heavy atom. The molecule has 2 atom stereocenters. The molecule has 0 spiro atoms. The Kier molecular flexibility index (Phi) is 1.90. The van der Waals surface area contributed by atoms with Gasteiger partial charge in [0.05, 0.1) is 12.2 Å². The van der Waals surface area contributed by atoms with Crippen molar-refractivity contribution >= 4 is 0 Å². The van der Waals surface area contributed by atoms with Gasteiger partial charge < -0.3 is 15.1 Å². The number of aliphatic hydroxyl groups excluding tert-OH is 1. The van der Waals surface area contributed by atoms with E-state index in [4.69, 9.17) is 5.11 Å². The van der Waals surface area contributed by atoms with Crippen molar-refractivity contribution in [3.05, 3.63) is 0 Å². The summed E-state index contributed by atoms with van der Waals surface area (Å²) in [7, 11) is 2.12. The molecule has 2 unspecified atom stereocenters. The molecule has 1 heterocycles. The maximum absolute atomic E-state index is 9.82. The highest BCUT2D eigenvalue weighted by molar-refractivity contribution is 4.99. The number of rotatable bonds is 1. The quantitative estimate of drug-likeness (QED) is 0.568. The van der Waals surface area contributed by atoms with Crippen LogP contribution in [0.3, 0.4) is 0 Å². The van der Waals surface area contributed by atoms with Crippen LogP contribution in [0, 0.1) is 11.8 Å². The molecule has 0 amide bonds. The van der Waals surface area contributed by atoms with Crippen molar-refractivity contribution in [2.75, 3.05) is 26.7 Å². The van der Waals surface area contributed by atoms with Crippen molar-refractivity contribution < 1.29 is 10.2 Å². The molecule has 0 aromatic heterocycles. The van der Waals surface area contributed by atoms with Crippen LogP contribution >= 0.6 is 0 Å². The lowest BCUT2D eigenvalue weighted by molar-refractivity contribution is -0.0164. The SMILES string of the molecule is CN1CC2CC(O)(CO)CC2C1. The first-order valence-electron chi connectivity index (χ1n) is 4.65. The third-order valence-corrected chi connectivity index (χ3v) is 3.34. The Balaban J connectivity index is 2.02. The first kappa shape index (κ1) is 8.48. The molecule has 0 bridgehead atoms. The number of hydrogen-bond acceptors (Lipinski definition) is 3. The minimum atomic E-state index is -0.753. The molecule has 0 aromatic carbocycles. The first-order valence-corrected chi connectivity index (χ1v) is 4.65. The maximum Gasteiger partial charge on any atom is 0.0883 e. The molecule has 1 aliphatic carbocycles. The largest absolute Gasteiger partial charge is 0.393 e. The van der Waals surface area contributed by atoms with Gasteiger partial charge in [-0.3, -0.25) is 0 Å². The van der Waals surface area contributed by atoms with E-state index in [0.717, 1.165) is 25.9 Å². The number of aliphatic hydroxyl groups is 2. The summed E-state index contributed by atoms with van der Waals surface area (Å²) in [5.74, 6) is 1.24. The molecule has 2 N–H and O–H groups in total. The fraction of sp³-hybridized carbons (Fsp3) is 1.00. The summed E-state index contributed by atoms with van der Waals surface area (Å²) in [6, 6.07) is 0. The summed E-state index contributed by atoms with van der Waals surface area (Å²) in [4.78, 5) is 2.31. The zero-order valence-electron chi connectivity index (χ0n) is 7.53. The van der Waals surface area contributed by atoms with Crippen LogP contribution in [0.2, 0.25) is 0 Å². The molecule has 70 valence electrons. The van der Waals surface area contributed by atoms with Crippen LogP contribution in [0.15, 0.2) is 0 Å². The Bertz CT molecular complexity index is 169. The van der Waals surface area contributed by atoms with Crippen LogP contribution < -0.4 is 0 Å². The molecule has 3 nitrogen and oxygen atoms in total. The molecule has 2 rings (SSSR count). The van der Waals surface area contributed by atoms with Crippen LogP contribution in [-0.2, 0) is 0 Å². The molecule has 1 aliphatic heterocycles. The second-order valence-electron chi connectivity index (χ2n) is 4.53. The van der Waals surface area contributed by atoms with Crippen LogP contribution in [0.5, 0.6) is 0 Å². The zero-order valence-corrected chi connectivity index (χ0v) is 7.53. The van der Waals surface area contributed by atoms with Gasteiger partial charge in [-0.1, -0.05) is 0 Å². The van der Waals surface area contributed by atoms with Crippen LogP contribution in [-0.4, -0.2) is 47.5 Å². The summed E-state index contributed by atoms with van der Waals surface area (Å²) in [6.07, 6.45) is 1.58. The lowest BCUT2D eigenvalue weighted by Crippen LogP contribution is -2.32. The van der Waals surface area contributed by atoms with Gasteiger partial charge in [-0.05, 0) is 31.7 Å². The molecular weight excluding hydrogens is 154 g/mol. The van der Waals surface area contributed by atoms with Crippen molar-refractivity contribution in [1.29, 1.82) is 0 Å². The summed E-state index contributed by atoms with van der Waals surface area (Å²) in [5, 5.41) is 18.8. The van der Waals surface area contributed by atoms with Gasteiger partial charge in [0.2, 0.25) is 0 Å². The lowest BCUT2D eigenvalue weighted by atomic mass is 10.0. The van der Waals surface area contributed by atoms with Gasteiger partial charge in [-0.15, -0.1) is 0 Å². The Labute approximate surface area is 73.0 Å². The third-order valence-electron chi connectivity index (χ3n) is 3.34. The Morgan fingerprint density at radius 3 is 2.25 bits per heavy atom.